The fourth-order valence-corrected chi connectivity index (χ4v) is 3.40. The Hall–Kier alpha value is -1.67. The zero-order chi connectivity index (χ0) is 17.4. The van der Waals surface area contributed by atoms with Crippen LogP contribution in [-0.2, 0) is 21.6 Å². The molecule has 3 rings (SSSR count). The van der Waals surface area contributed by atoms with Crippen LogP contribution in [0.4, 0.5) is 4.79 Å². The molecule has 1 spiro atoms. The summed E-state index contributed by atoms with van der Waals surface area (Å²) >= 11 is 0. The Kier molecular flexibility index (Phi) is 4.52. The number of ether oxygens (including phenoxy) is 2. The number of urea groups is 1. The van der Waals surface area contributed by atoms with E-state index in [2.05, 4.69) is 36.2 Å². The molecule has 0 unspecified atom stereocenters. The summed E-state index contributed by atoms with van der Waals surface area (Å²) in [5.74, 6) is 0.746. The molecule has 3 heterocycles. The van der Waals surface area contributed by atoms with Crippen molar-refractivity contribution in [2.75, 3.05) is 26.3 Å². The van der Waals surface area contributed by atoms with Crippen molar-refractivity contribution >= 4 is 6.03 Å². The van der Waals surface area contributed by atoms with Crippen LogP contribution in [0.3, 0.4) is 0 Å². The highest BCUT2D eigenvalue weighted by molar-refractivity contribution is 5.74. The number of carbonyl (C=O) groups excluding carboxylic acids is 1. The first-order valence-corrected chi connectivity index (χ1v) is 8.47. The van der Waals surface area contributed by atoms with Crippen LogP contribution < -0.4 is 5.32 Å². The number of nitrogens with one attached hydrogen (secondary N) is 1. The number of hydrogen-bond donors (Lipinski definition) is 1. The summed E-state index contributed by atoms with van der Waals surface area (Å²) in [5, 5.41) is 7.21. The second kappa shape index (κ2) is 6.33. The molecule has 2 saturated heterocycles. The second-order valence-corrected chi connectivity index (χ2v) is 7.71. The fraction of sp³-hybridized carbons (Fsp3) is 0.812. The van der Waals surface area contributed by atoms with Crippen molar-refractivity contribution in [3.63, 3.8) is 0 Å². The summed E-state index contributed by atoms with van der Waals surface area (Å²) in [6.45, 7) is 10.9. The second-order valence-electron chi connectivity index (χ2n) is 7.71. The Labute approximate surface area is 142 Å². The van der Waals surface area contributed by atoms with Gasteiger partial charge in [0.2, 0.25) is 0 Å². The summed E-state index contributed by atoms with van der Waals surface area (Å²) in [7, 11) is 0. The lowest BCUT2D eigenvalue weighted by atomic mass is 9.99. The predicted molar refractivity (Wildman–Crippen MR) is 87.5 cm³/mol. The number of rotatable bonds is 2. The van der Waals surface area contributed by atoms with Crippen LogP contribution in [0.1, 0.15) is 39.9 Å². The van der Waals surface area contributed by atoms with Crippen LogP contribution in [0.2, 0.25) is 0 Å². The molecule has 0 bridgehead atoms. The van der Waals surface area contributed by atoms with Gasteiger partial charge in [-0.25, -0.2) is 14.5 Å². The third-order valence-electron chi connectivity index (χ3n) is 4.41. The van der Waals surface area contributed by atoms with Crippen molar-refractivity contribution in [1.29, 1.82) is 0 Å². The first-order valence-electron chi connectivity index (χ1n) is 8.47. The number of amides is 2. The van der Waals surface area contributed by atoms with E-state index < -0.39 is 0 Å². The van der Waals surface area contributed by atoms with Gasteiger partial charge in [-0.1, -0.05) is 0 Å². The largest absolute Gasteiger partial charge is 0.378 e. The van der Waals surface area contributed by atoms with Gasteiger partial charge in [0.05, 0.1) is 31.3 Å². The van der Waals surface area contributed by atoms with Crippen molar-refractivity contribution in [2.45, 2.75) is 57.9 Å². The van der Waals surface area contributed by atoms with Gasteiger partial charge >= 0.3 is 6.03 Å². The molecule has 2 fully saturated rings. The van der Waals surface area contributed by atoms with E-state index in [1.807, 2.05) is 16.5 Å². The monoisotopic (exact) mass is 337 g/mol. The summed E-state index contributed by atoms with van der Waals surface area (Å²) in [4.78, 5) is 18.7. The van der Waals surface area contributed by atoms with Crippen molar-refractivity contribution in [2.24, 2.45) is 0 Å². The summed E-state index contributed by atoms with van der Waals surface area (Å²) in [6, 6.07) is -0.0973. The molecule has 8 nitrogen and oxygen atoms in total. The molecule has 0 saturated carbocycles. The SMILES string of the molecule is C[C@@H]1CN(C(=O)NCc2ncnn2C(C)(C)C)C[C@]2(CCOC2)O1. The molecule has 2 aliphatic heterocycles. The molecule has 134 valence electrons. The standard InChI is InChI=1S/C16H27N5O3/c1-12-8-20(9-16(24-12)5-6-23-10-16)14(22)17-7-13-18-11-19-21(13)15(2,3)4/h11-12H,5-10H2,1-4H3,(H,17,22)/t12-,16+/m1/s1. The van der Waals surface area contributed by atoms with Gasteiger partial charge in [-0.2, -0.15) is 5.10 Å². The number of morpholine rings is 1. The molecule has 0 radical (unpaired) electrons. The molecule has 2 atom stereocenters. The Balaban J connectivity index is 1.62. The molecule has 8 heteroatoms. The van der Waals surface area contributed by atoms with Crippen LogP contribution in [0, 0.1) is 0 Å². The zero-order valence-corrected chi connectivity index (χ0v) is 14.9. The van der Waals surface area contributed by atoms with Crippen LogP contribution in [0.15, 0.2) is 6.33 Å². The maximum atomic E-state index is 12.6. The molecule has 2 amide bonds. The van der Waals surface area contributed by atoms with Gasteiger partial charge in [0.1, 0.15) is 17.8 Å². The number of carbonyl (C=O) groups is 1. The molecule has 24 heavy (non-hydrogen) atoms. The Morgan fingerprint density at radius 2 is 2.29 bits per heavy atom. The summed E-state index contributed by atoms with van der Waals surface area (Å²) in [5.41, 5.74) is -0.518. The van der Waals surface area contributed by atoms with Crippen molar-refractivity contribution in [3.05, 3.63) is 12.2 Å². The van der Waals surface area contributed by atoms with Gasteiger partial charge in [0.15, 0.2) is 0 Å². The number of nitrogens with zero attached hydrogens (tertiary/aromatic N) is 4. The molecular weight excluding hydrogens is 310 g/mol. The van der Waals surface area contributed by atoms with Crippen LogP contribution >= 0.6 is 0 Å². The van der Waals surface area contributed by atoms with E-state index in [9.17, 15) is 4.79 Å². The molecule has 0 aromatic carbocycles. The van der Waals surface area contributed by atoms with Gasteiger partial charge in [0, 0.05) is 19.6 Å². The minimum atomic E-state index is -0.347. The Morgan fingerprint density at radius 3 is 2.96 bits per heavy atom. The zero-order valence-electron chi connectivity index (χ0n) is 14.9. The van der Waals surface area contributed by atoms with E-state index in [4.69, 9.17) is 9.47 Å². The normalized spacial score (nSPS) is 27.7. The van der Waals surface area contributed by atoms with Crippen LogP contribution in [-0.4, -0.2) is 63.7 Å². The molecule has 1 N–H and O–H groups in total. The summed E-state index contributed by atoms with van der Waals surface area (Å²) in [6.07, 6.45) is 2.36. The summed E-state index contributed by atoms with van der Waals surface area (Å²) < 4.78 is 13.4. The highest BCUT2D eigenvalue weighted by Gasteiger charge is 2.44. The van der Waals surface area contributed by atoms with E-state index in [1.54, 1.807) is 0 Å². The third kappa shape index (κ3) is 3.54. The molecular formula is C16H27N5O3. The number of aromatic nitrogens is 3. The van der Waals surface area contributed by atoms with Crippen LogP contribution in [0.5, 0.6) is 0 Å². The van der Waals surface area contributed by atoms with E-state index in [-0.39, 0.29) is 23.3 Å². The highest BCUT2D eigenvalue weighted by atomic mass is 16.6. The van der Waals surface area contributed by atoms with Crippen molar-refractivity contribution in [3.8, 4) is 0 Å². The maximum absolute atomic E-state index is 12.6. The highest BCUT2D eigenvalue weighted by Crippen LogP contribution is 2.30. The van der Waals surface area contributed by atoms with Crippen LogP contribution in [0.25, 0.3) is 0 Å². The first kappa shape index (κ1) is 17.2. The fourth-order valence-electron chi connectivity index (χ4n) is 3.40. The minimum absolute atomic E-state index is 0.00410. The smallest absolute Gasteiger partial charge is 0.317 e. The first-order chi connectivity index (χ1) is 11.3. The number of hydrogen-bond acceptors (Lipinski definition) is 5. The van der Waals surface area contributed by atoms with Gasteiger partial charge in [-0.15, -0.1) is 0 Å². The topological polar surface area (TPSA) is 81.5 Å². The van der Waals surface area contributed by atoms with Gasteiger partial charge in [-0.05, 0) is 27.7 Å². The Morgan fingerprint density at radius 1 is 1.50 bits per heavy atom. The minimum Gasteiger partial charge on any atom is -0.378 e. The van der Waals surface area contributed by atoms with E-state index in [1.165, 1.54) is 6.33 Å². The lowest BCUT2D eigenvalue weighted by Crippen LogP contribution is -2.58. The predicted octanol–water partition coefficient (Wildman–Crippen LogP) is 1.12. The molecule has 1 aromatic heterocycles. The Bertz CT molecular complexity index is 589. The van der Waals surface area contributed by atoms with E-state index in [0.29, 0.717) is 32.8 Å². The lowest BCUT2D eigenvalue weighted by molar-refractivity contribution is -0.137. The van der Waals surface area contributed by atoms with E-state index in [0.717, 1.165) is 12.2 Å². The van der Waals surface area contributed by atoms with E-state index >= 15 is 0 Å². The molecule has 2 aliphatic rings. The van der Waals surface area contributed by atoms with Gasteiger partial charge in [-0.3, -0.25) is 0 Å². The van der Waals surface area contributed by atoms with Crippen molar-refractivity contribution in [1.82, 2.24) is 25.0 Å². The average molecular weight is 337 g/mol. The third-order valence-corrected chi connectivity index (χ3v) is 4.41. The maximum Gasteiger partial charge on any atom is 0.317 e. The lowest BCUT2D eigenvalue weighted by Gasteiger charge is -2.42. The molecule has 0 aliphatic carbocycles. The van der Waals surface area contributed by atoms with Crippen molar-refractivity contribution < 1.29 is 14.3 Å². The molecule has 1 aromatic rings. The average Bonchev–Trinajstić information content (AvgIpc) is 3.13. The van der Waals surface area contributed by atoms with Gasteiger partial charge < -0.3 is 19.7 Å². The quantitative estimate of drug-likeness (QED) is 0.875. The van der Waals surface area contributed by atoms with Gasteiger partial charge in [0.25, 0.3) is 0 Å².